The molecule has 0 saturated carbocycles. The van der Waals surface area contributed by atoms with E-state index < -0.39 is 0 Å². The van der Waals surface area contributed by atoms with Crippen LogP contribution in [0.4, 0.5) is 0 Å². The predicted molar refractivity (Wildman–Crippen MR) is 102 cm³/mol. The molecule has 0 aromatic heterocycles. The Morgan fingerprint density at radius 2 is 1.46 bits per heavy atom. The second-order valence-electron chi connectivity index (χ2n) is 6.80. The number of unbranched alkanes of at least 4 members (excludes halogenated alkanes) is 11. The molecule has 2 heteroatoms. The summed E-state index contributed by atoms with van der Waals surface area (Å²) in [5.74, 6) is 0.391. The molecule has 0 aromatic rings. The molecular formula is C22H36O2. The Labute approximate surface area is 149 Å². The summed E-state index contributed by atoms with van der Waals surface area (Å²) in [6, 6.07) is 0. The summed E-state index contributed by atoms with van der Waals surface area (Å²) in [4.78, 5) is 11.5. The number of hydrogen-bond acceptors (Lipinski definition) is 2. The maximum Gasteiger partial charge on any atom is 0.326 e. The first-order chi connectivity index (χ1) is 11.8. The molecule has 0 aliphatic carbocycles. The summed E-state index contributed by atoms with van der Waals surface area (Å²) in [5.41, 5.74) is 3.17. The number of rotatable bonds is 14. The average molecular weight is 333 g/mol. The van der Waals surface area contributed by atoms with Crippen LogP contribution < -0.4 is 0 Å². The van der Waals surface area contributed by atoms with E-state index in [0.29, 0.717) is 5.76 Å². The fourth-order valence-corrected chi connectivity index (χ4v) is 2.87. The van der Waals surface area contributed by atoms with E-state index in [2.05, 4.69) is 25.7 Å². The molecule has 0 amide bonds. The lowest BCUT2D eigenvalue weighted by atomic mass is 10.0. The van der Waals surface area contributed by atoms with Gasteiger partial charge in [0.2, 0.25) is 0 Å². The van der Waals surface area contributed by atoms with Gasteiger partial charge in [-0.05, 0) is 31.8 Å². The Hall–Kier alpha value is -1.27. The van der Waals surface area contributed by atoms with Gasteiger partial charge in [0.15, 0.2) is 5.76 Å². The van der Waals surface area contributed by atoms with Crippen molar-refractivity contribution in [1.29, 1.82) is 0 Å². The van der Waals surface area contributed by atoms with Crippen molar-refractivity contribution in [3.05, 3.63) is 29.7 Å². The summed E-state index contributed by atoms with van der Waals surface area (Å²) < 4.78 is 5.11. The largest absolute Gasteiger partial charge is 0.420 e. The van der Waals surface area contributed by atoms with Gasteiger partial charge in [-0.2, -0.15) is 0 Å². The minimum atomic E-state index is -0.179. The normalized spacial score (nSPS) is 16.8. The van der Waals surface area contributed by atoms with Crippen LogP contribution in [-0.4, -0.2) is 5.97 Å². The zero-order chi connectivity index (χ0) is 17.5. The molecule has 0 bridgehead atoms. The predicted octanol–water partition coefficient (Wildman–Crippen LogP) is 6.87. The van der Waals surface area contributed by atoms with Crippen LogP contribution in [0.5, 0.6) is 0 Å². The minimum Gasteiger partial charge on any atom is -0.420 e. The molecule has 1 aliphatic rings. The van der Waals surface area contributed by atoms with Gasteiger partial charge in [-0.1, -0.05) is 89.5 Å². The summed E-state index contributed by atoms with van der Waals surface area (Å²) in [6.07, 6.45) is 22.5. The zero-order valence-electron chi connectivity index (χ0n) is 15.8. The smallest absolute Gasteiger partial charge is 0.326 e. The van der Waals surface area contributed by atoms with Crippen LogP contribution in [0.15, 0.2) is 29.7 Å². The van der Waals surface area contributed by atoms with Gasteiger partial charge in [-0.15, -0.1) is 0 Å². The molecule has 24 heavy (non-hydrogen) atoms. The molecule has 1 atom stereocenters. The number of allylic oxidation sites excluding steroid dienone is 1. The van der Waals surface area contributed by atoms with E-state index in [1.165, 1.54) is 70.6 Å². The molecule has 1 aliphatic heterocycles. The highest BCUT2D eigenvalue weighted by Crippen LogP contribution is 2.27. The van der Waals surface area contributed by atoms with E-state index in [0.717, 1.165) is 12.8 Å². The van der Waals surface area contributed by atoms with Crippen molar-refractivity contribution in [3.8, 4) is 0 Å². The number of carbonyl (C=O) groups excluding carboxylic acids is 1. The van der Waals surface area contributed by atoms with Gasteiger partial charge in [0.25, 0.3) is 0 Å². The molecular weight excluding hydrogens is 296 g/mol. The van der Waals surface area contributed by atoms with Crippen LogP contribution in [0.1, 0.15) is 97.3 Å². The third-order valence-corrected chi connectivity index (χ3v) is 4.50. The molecule has 1 fully saturated rings. The number of cyclic esters (lactones) is 1. The molecule has 1 saturated heterocycles. The first-order valence-corrected chi connectivity index (χ1v) is 10.1. The SMILES string of the molecule is CCCCCCCC=CC1C(=O)OC1=C=CCCCCCCCC. The second-order valence-corrected chi connectivity index (χ2v) is 6.80. The molecule has 0 spiro atoms. The lowest BCUT2D eigenvalue weighted by Crippen LogP contribution is -2.30. The number of carbonyl (C=O) groups is 1. The molecule has 1 rings (SSSR count). The second kappa shape index (κ2) is 14.1. The van der Waals surface area contributed by atoms with Gasteiger partial charge in [0.1, 0.15) is 5.92 Å². The Balaban J connectivity index is 2.18. The molecule has 136 valence electrons. The third kappa shape index (κ3) is 9.13. The van der Waals surface area contributed by atoms with Gasteiger partial charge in [0, 0.05) is 0 Å². The Morgan fingerprint density at radius 3 is 2.08 bits per heavy atom. The Kier molecular flexibility index (Phi) is 12.2. The molecule has 0 radical (unpaired) electrons. The summed E-state index contributed by atoms with van der Waals surface area (Å²) in [6.45, 7) is 4.47. The first-order valence-electron chi connectivity index (χ1n) is 10.1. The van der Waals surface area contributed by atoms with Crippen LogP contribution in [0.3, 0.4) is 0 Å². The van der Waals surface area contributed by atoms with Crippen molar-refractivity contribution in [2.75, 3.05) is 0 Å². The molecule has 0 N–H and O–H groups in total. The Bertz CT molecular complexity index is 427. The molecule has 0 aromatic carbocycles. The lowest BCUT2D eigenvalue weighted by molar-refractivity contribution is -0.153. The van der Waals surface area contributed by atoms with Crippen molar-refractivity contribution in [2.45, 2.75) is 97.3 Å². The number of hydrogen-bond donors (Lipinski definition) is 0. The summed E-state index contributed by atoms with van der Waals surface area (Å²) in [7, 11) is 0. The van der Waals surface area contributed by atoms with E-state index in [4.69, 9.17) is 4.74 Å². The first kappa shape index (κ1) is 20.8. The van der Waals surface area contributed by atoms with E-state index in [-0.39, 0.29) is 11.9 Å². The maximum absolute atomic E-state index is 11.5. The minimum absolute atomic E-state index is 0.132. The fourth-order valence-electron chi connectivity index (χ4n) is 2.87. The van der Waals surface area contributed by atoms with Crippen molar-refractivity contribution in [2.24, 2.45) is 5.92 Å². The molecule has 1 heterocycles. The zero-order valence-corrected chi connectivity index (χ0v) is 15.8. The van der Waals surface area contributed by atoms with Crippen LogP contribution >= 0.6 is 0 Å². The van der Waals surface area contributed by atoms with Gasteiger partial charge in [0.05, 0.1) is 0 Å². The summed E-state index contributed by atoms with van der Waals surface area (Å²) in [5, 5.41) is 0. The Morgan fingerprint density at radius 1 is 0.875 bits per heavy atom. The fraction of sp³-hybridized carbons (Fsp3) is 0.727. The lowest BCUT2D eigenvalue weighted by Gasteiger charge is -2.23. The quantitative estimate of drug-likeness (QED) is 0.150. The van der Waals surface area contributed by atoms with Crippen molar-refractivity contribution in [1.82, 2.24) is 0 Å². The topological polar surface area (TPSA) is 26.3 Å². The highest BCUT2D eigenvalue weighted by atomic mass is 16.6. The number of esters is 1. The standard InChI is InChI=1S/C22H36O2/c1-3-5-7-9-11-13-15-17-19-21-20(22(23)24-21)18-16-14-12-10-8-6-4-2/h16-18,20H,3-15H2,1-2H3. The van der Waals surface area contributed by atoms with E-state index in [9.17, 15) is 4.79 Å². The van der Waals surface area contributed by atoms with Crippen LogP contribution in [-0.2, 0) is 9.53 Å². The van der Waals surface area contributed by atoms with Gasteiger partial charge in [-0.25, -0.2) is 0 Å². The molecule has 2 nitrogen and oxygen atoms in total. The van der Waals surface area contributed by atoms with Gasteiger partial charge < -0.3 is 4.74 Å². The van der Waals surface area contributed by atoms with Crippen LogP contribution in [0.2, 0.25) is 0 Å². The van der Waals surface area contributed by atoms with Gasteiger partial charge in [-0.3, -0.25) is 4.79 Å². The third-order valence-electron chi connectivity index (χ3n) is 4.50. The molecule has 1 unspecified atom stereocenters. The van der Waals surface area contributed by atoms with Gasteiger partial charge >= 0.3 is 5.97 Å². The monoisotopic (exact) mass is 332 g/mol. The van der Waals surface area contributed by atoms with E-state index in [1.54, 1.807) is 0 Å². The highest BCUT2D eigenvalue weighted by Gasteiger charge is 2.34. The van der Waals surface area contributed by atoms with Crippen LogP contribution in [0, 0.1) is 5.92 Å². The summed E-state index contributed by atoms with van der Waals surface area (Å²) >= 11 is 0. The van der Waals surface area contributed by atoms with E-state index >= 15 is 0 Å². The number of ether oxygens (including phenoxy) is 1. The maximum atomic E-state index is 11.5. The van der Waals surface area contributed by atoms with E-state index in [1.807, 2.05) is 12.2 Å². The van der Waals surface area contributed by atoms with Crippen molar-refractivity contribution in [3.63, 3.8) is 0 Å². The van der Waals surface area contributed by atoms with Crippen molar-refractivity contribution < 1.29 is 9.53 Å². The van der Waals surface area contributed by atoms with Crippen LogP contribution in [0.25, 0.3) is 0 Å². The highest BCUT2D eigenvalue weighted by molar-refractivity contribution is 5.84. The van der Waals surface area contributed by atoms with Crippen molar-refractivity contribution >= 4 is 5.97 Å². The average Bonchev–Trinajstić information content (AvgIpc) is 2.58.